The Morgan fingerprint density at radius 1 is 1.56 bits per heavy atom. The van der Waals surface area contributed by atoms with Crippen LogP contribution in [-0.2, 0) is 6.42 Å². The Kier molecular flexibility index (Phi) is 4.01. The van der Waals surface area contributed by atoms with E-state index in [0.717, 1.165) is 6.42 Å². The van der Waals surface area contributed by atoms with Gasteiger partial charge in [0, 0.05) is 5.69 Å². The van der Waals surface area contributed by atoms with Gasteiger partial charge < -0.3 is 5.11 Å². The molecule has 0 atom stereocenters. The number of aryl methyl sites for hydroxylation is 1. The largest absolute Gasteiger partial charge is 0.477 e. The summed E-state index contributed by atoms with van der Waals surface area (Å²) < 4.78 is 0. The molecule has 4 heteroatoms. The minimum absolute atomic E-state index is 0.00570. The normalized spacial score (nSPS) is 10.1. The van der Waals surface area contributed by atoms with Crippen molar-refractivity contribution in [3.8, 4) is 0 Å². The molecule has 1 aromatic heterocycles. The van der Waals surface area contributed by atoms with Crippen molar-refractivity contribution in [3.05, 3.63) is 34.9 Å². The van der Waals surface area contributed by atoms with Crippen molar-refractivity contribution in [2.24, 2.45) is 5.92 Å². The molecule has 0 radical (unpaired) electrons. The molecule has 0 fully saturated rings. The van der Waals surface area contributed by atoms with Crippen molar-refractivity contribution in [2.75, 3.05) is 0 Å². The van der Waals surface area contributed by atoms with E-state index in [9.17, 15) is 4.79 Å². The third-order valence-electron chi connectivity index (χ3n) is 2.25. The van der Waals surface area contributed by atoms with Gasteiger partial charge in [-0.15, -0.1) is 0 Å². The summed E-state index contributed by atoms with van der Waals surface area (Å²) in [6.07, 6.45) is 1.55. The summed E-state index contributed by atoms with van der Waals surface area (Å²) in [6.45, 7) is 11.1. The molecule has 0 aliphatic carbocycles. The average Bonchev–Trinajstić information content (AvgIpc) is 2.25. The Balaban J connectivity index is 2.99. The van der Waals surface area contributed by atoms with Gasteiger partial charge in [0.2, 0.25) is 5.69 Å². The maximum absolute atomic E-state index is 10.8. The average molecular weight is 218 g/mol. The molecule has 0 aromatic carbocycles. The molecule has 1 aromatic rings. The van der Waals surface area contributed by atoms with E-state index in [2.05, 4.69) is 23.7 Å². The van der Waals surface area contributed by atoms with Crippen molar-refractivity contribution >= 4 is 11.7 Å². The molecule has 0 aliphatic rings. The lowest BCUT2D eigenvalue weighted by Crippen LogP contribution is -2.03. The number of carboxylic acids is 1. The molecular formula is C12H14N2O2. The number of aromatic nitrogens is 1. The Morgan fingerprint density at radius 3 is 2.75 bits per heavy atom. The number of carbonyl (C=O) groups is 1. The number of aromatic carboxylic acids is 1. The molecule has 0 spiro atoms. The summed E-state index contributed by atoms with van der Waals surface area (Å²) in [7, 11) is 0. The molecule has 0 aliphatic heterocycles. The van der Waals surface area contributed by atoms with E-state index in [1.165, 1.54) is 12.1 Å². The Morgan fingerprint density at radius 2 is 2.25 bits per heavy atom. The Bertz CT molecular complexity index is 433. The summed E-state index contributed by atoms with van der Waals surface area (Å²) >= 11 is 0. The third-order valence-corrected chi connectivity index (χ3v) is 2.25. The van der Waals surface area contributed by atoms with Crippen LogP contribution in [0.15, 0.2) is 12.1 Å². The zero-order valence-corrected chi connectivity index (χ0v) is 9.40. The third kappa shape index (κ3) is 3.06. The van der Waals surface area contributed by atoms with Gasteiger partial charge in [-0.1, -0.05) is 19.9 Å². The van der Waals surface area contributed by atoms with Gasteiger partial charge in [-0.25, -0.2) is 9.64 Å². The van der Waals surface area contributed by atoms with Crippen LogP contribution in [0.5, 0.6) is 0 Å². The highest BCUT2D eigenvalue weighted by Gasteiger charge is 2.10. The van der Waals surface area contributed by atoms with Gasteiger partial charge in [-0.05, 0) is 24.8 Å². The lowest BCUT2D eigenvalue weighted by atomic mass is 10.1. The van der Waals surface area contributed by atoms with Crippen LogP contribution in [0, 0.1) is 12.5 Å². The topological polar surface area (TPSA) is 54.5 Å². The molecule has 0 saturated carbocycles. The number of pyridine rings is 1. The van der Waals surface area contributed by atoms with Crippen molar-refractivity contribution in [1.82, 2.24) is 4.98 Å². The monoisotopic (exact) mass is 218 g/mol. The van der Waals surface area contributed by atoms with Crippen molar-refractivity contribution < 1.29 is 9.90 Å². The lowest BCUT2D eigenvalue weighted by Gasteiger charge is -2.06. The van der Waals surface area contributed by atoms with Crippen LogP contribution in [0.4, 0.5) is 5.69 Å². The van der Waals surface area contributed by atoms with E-state index < -0.39 is 5.97 Å². The lowest BCUT2D eigenvalue weighted by molar-refractivity contribution is 0.0690. The summed E-state index contributed by atoms with van der Waals surface area (Å²) in [5, 5.41) is 8.81. The van der Waals surface area contributed by atoms with E-state index >= 15 is 0 Å². The number of carboxylic acid groups (broad SMARTS) is 1. The molecule has 0 amide bonds. The van der Waals surface area contributed by atoms with E-state index in [4.69, 9.17) is 11.7 Å². The van der Waals surface area contributed by atoms with Crippen LogP contribution in [0.1, 0.15) is 36.5 Å². The zero-order chi connectivity index (χ0) is 12.1. The van der Waals surface area contributed by atoms with Crippen LogP contribution in [0.25, 0.3) is 4.85 Å². The molecule has 0 unspecified atom stereocenters. The fourth-order valence-corrected chi connectivity index (χ4v) is 1.32. The van der Waals surface area contributed by atoms with Crippen molar-refractivity contribution in [1.29, 1.82) is 0 Å². The van der Waals surface area contributed by atoms with Gasteiger partial charge in [-0.3, -0.25) is 4.98 Å². The smallest absolute Gasteiger partial charge is 0.354 e. The molecule has 1 N–H and O–H groups in total. The molecule has 16 heavy (non-hydrogen) atoms. The van der Waals surface area contributed by atoms with Crippen molar-refractivity contribution in [3.63, 3.8) is 0 Å². The molecule has 1 rings (SSSR count). The highest BCUT2D eigenvalue weighted by molar-refractivity contribution is 5.85. The quantitative estimate of drug-likeness (QED) is 0.790. The van der Waals surface area contributed by atoms with Crippen LogP contribution in [0.2, 0.25) is 0 Å². The second kappa shape index (κ2) is 5.26. The zero-order valence-electron chi connectivity index (χ0n) is 9.40. The minimum atomic E-state index is -1.05. The molecule has 1 heterocycles. The van der Waals surface area contributed by atoms with E-state index in [1.54, 1.807) is 0 Å². The van der Waals surface area contributed by atoms with E-state index in [0.29, 0.717) is 23.7 Å². The van der Waals surface area contributed by atoms with E-state index in [1.807, 2.05) is 0 Å². The standard InChI is InChI=1S/C12H14N2O2/c1-8(2)4-5-10-9(13-3)6-7-11(14-10)12(15)16/h6-8H,4-5H2,1-2H3,(H,15,16). The van der Waals surface area contributed by atoms with Gasteiger partial charge in [0.05, 0.1) is 6.57 Å². The summed E-state index contributed by atoms with van der Waals surface area (Å²) in [5.41, 5.74) is 1.04. The van der Waals surface area contributed by atoms with Crippen LogP contribution in [0.3, 0.4) is 0 Å². The molecule has 84 valence electrons. The van der Waals surface area contributed by atoms with Gasteiger partial charge in [0.25, 0.3) is 0 Å². The van der Waals surface area contributed by atoms with Crippen LogP contribution >= 0.6 is 0 Å². The predicted octanol–water partition coefficient (Wildman–Crippen LogP) is 2.92. The highest BCUT2D eigenvalue weighted by atomic mass is 16.4. The molecule has 4 nitrogen and oxygen atoms in total. The van der Waals surface area contributed by atoms with Crippen LogP contribution < -0.4 is 0 Å². The minimum Gasteiger partial charge on any atom is -0.477 e. The van der Waals surface area contributed by atoms with E-state index in [-0.39, 0.29) is 5.69 Å². The summed E-state index contributed by atoms with van der Waals surface area (Å²) in [4.78, 5) is 18.1. The molecular weight excluding hydrogens is 204 g/mol. The van der Waals surface area contributed by atoms with Gasteiger partial charge in [-0.2, -0.15) is 0 Å². The SMILES string of the molecule is [C-]#[N+]c1ccc(C(=O)O)nc1CCC(C)C. The first-order chi connectivity index (χ1) is 7.54. The fraction of sp³-hybridized carbons (Fsp3) is 0.417. The van der Waals surface area contributed by atoms with Gasteiger partial charge in [0.15, 0.2) is 0 Å². The van der Waals surface area contributed by atoms with Gasteiger partial charge in [0.1, 0.15) is 5.69 Å². The maximum Gasteiger partial charge on any atom is 0.354 e. The second-order valence-corrected chi connectivity index (χ2v) is 4.01. The number of hydrogen-bond acceptors (Lipinski definition) is 2. The highest BCUT2D eigenvalue weighted by Crippen LogP contribution is 2.20. The fourth-order valence-electron chi connectivity index (χ4n) is 1.32. The van der Waals surface area contributed by atoms with Gasteiger partial charge >= 0.3 is 5.97 Å². The Hall–Kier alpha value is -1.89. The first-order valence-electron chi connectivity index (χ1n) is 5.15. The Labute approximate surface area is 94.8 Å². The summed E-state index contributed by atoms with van der Waals surface area (Å²) in [6, 6.07) is 2.90. The second-order valence-electron chi connectivity index (χ2n) is 4.01. The number of hydrogen-bond donors (Lipinski definition) is 1. The molecule has 0 saturated heterocycles. The first kappa shape index (κ1) is 12.2. The molecule has 0 bridgehead atoms. The predicted molar refractivity (Wildman–Crippen MR) is 60.6 cm³/mol. The number of rotatable bonds is 4. The first-order valence-corrected chi connectivity index (χ1v) is 5.15. The maximum atomic E-state index is 10.8. The van der Waals surface area contributed by atoms with Crippen LogP contribution in [-0.4, -0.2) is 16.1 Å². The number of nitrogens with zero attached hydrogens (tertiary/aromatic N) is 2. The van der Waals surface area contributed by atoms with Crippen molar-refractivity contribution in [2.45, 2.75) is 26.7 Å². The summed E-state index contributed by atoms with van der Waals surface area (Å²) in [5.74, 6) is -0.545.